The predicted molar refractivity (Wildman–Crippen MR) is 56.7 cm³/mol. The topological polar surface area (TPSA) is 26.3 Å². The Hall–Kier alpha value is -1.57. The lowest BCUT2D eigenvalue weighted by atomic mass is 10.1. The van der Waals surface area contributed by atoms with E-state index < -0.39 is 0 Å². The third-order valence-electron chi connectivity index (χ3n) is 1.78. The first-order chi connectivity index (χ1) is 6.74. The maximum absolute atomic E-state index is 11.3. The highest BCUT2D eigenvalue weighted by atomic mass is 16.5. The Morgan fingerprint density at radius 1 is 1.36 bits per heavy atom. The molecule has 0 saturated carbocycles. The van der Waals surface area contributed by atoms with Crippen LogP contribution in [0.5, 0.6) is 0 Å². The van der Waals surface area contributed by atoms with Gasteiger partial charge in [-0.3, -0.25) is 0 Å². The summed E-state index contributed by atoms with van der Waals surface area (Å²) in [6.45, 7) is 3.97. The van der Waals surface area contributed by atoms with Gasteiger partial charge in [0.05, 0.1) is 6.61 Å². The van der Waals surface area contributed by atoms with Gasteiger partial charge >= 0.3 is 5.97 Å². The summed E-state index contributed by atoms with van der Waals surface area (Å²) in [6.07, 6.45) is 1.82. The molecule has 0 aromatic heterocycles. The molecule has 0 heterocycles. The van der Waals surface area contributed by atoms with E-state index in [9.17, 15) is 4.79 Å². The van der Waals surface area contributed by atoms with Gasteiger partial charge in [-0.2, -0.15) is 0 Å². The fourth-order valence-electron chi connectivity index (χ4n) is 1.10. The van der Waals surface area contributed by atoms with Gasteiger partial charge in [0, 0.05) is 5.57 Å². The van der Waals surface area contributed by atoms with Crippen LogP contribution in [0.15, 0.2) is 35.9 Å². The number of benzene rings is 1. The SMILES string of the molecule is CCOC(=O)/C(C)=C/c1ccccc1. The van der Waals surface area contributed by atoms with E-state index in [1.54, 1.807) is 13.8 Å². The Kier molecular flexibility index (Phi) is 3.92. The van der Waals surface area contributed by atoms with Crippen LogP contribution in [0.4, 0.5) is 0 Å². The summed E-state index contributed by atoms with van der Waals surface area (Å²) in [5.41, 5.74) is 1.64. The first-order valence-corrected chi connectivity index (χ1v) is 4.64. The molecule has 0 radical (unpaired) electrons. The summed E-state index contributed by atoms with van der Waals surface area (Å²) < 4.78 is 4.87. The van der Waals surface area contributed by atoms with Crippen LogP contribution in [0.3, 0.4) is 0 Å². The average molecular weight is 190 g/mol. The van der Waals surface area contributed by atoms with E-state index >= 15 is 0 Å². The smallest absolute Gasteiger partial charge is 0.333 e. The third-order valence-corrected chi connectivity index (χ3v) is 1.78. The molecule has 1 rings (SSSR count). The van der Waals surface area contributed by atoms with Crippen LogP contribution in [0.1, 0.15) is 19.4 Å². The lowest BCUT2D eigenvalue weighted by molar-refractivity contribution is -0.138. The van der Waals surface area contributed by atoms with Crippen LogP contribution >= 0.6 is 0 Å². The lowest BCUT2D eigenvalue weighted by Gasteiger charge is -2.01. The van der Waals surface area contributed by atoms with Crippen molar-refractivity contribution in [3.8, 4) is 0 Å². The van der Waals surface area contributed by atoms with Gasteiger partial charge in [-0.15, -0.1) is 0 Å². The molecule has 0 unspecified atom stereocenters. The van der Waals surface area contributed by atoms with E-state index in [-0.39, 0.29) is 5.97 Å². The highest BCUT2D eigenvalue weighted by Gasteiger charge is 2.03. The van der Waals surface area contributed by atoms with E-state index in [1.165, 1.54) is 0 Å². The zero-order chi connectivity index (χ0) is 10.4. The number of hydrogen-bond acceptors (Lipinski definition) is 2. The van der Waals surface area contributed by atoms with Gasteiger partial charge in [0.1, 0.15) is 0 Å². The fourth-order valence-corrected chi connectivity index (χ4v) is 1.10. The molecule has 2 nitrogen and oxygen atoms in total. The van der Waals surface area contributed by atoms with E-state index in [1.807, 2.05) is 36.4 Å². The molecule has 0 saturated heterocycles. The van der Waals surface area contributed by atoms with Gasteiger partial charge < -0.3 is 4.74 Å². The molecule has 0 aliphatic rings. The number of carbonyl (C=O) groups is 1. The molecule has 0 N–H and O–H groups in total. The molecular weight excluding hydrogens is 176 g/mol. The molecule has 1 aromatic rings. The number of carbonyl (C=O) groups excluding carboxylic acids is 1. The summed E-state index contributed by atoms with van der Waals surface area (Å²) in [5, 5.41) is 0. The van der Waals surface area contributed by atoms with Crippen LogP contribution in [-0.2, 0) is 9.53 Å². The largest absolute Gasteiger partial charge is 0.463 e. The molecule has 2 heteroatoms. The Morgan fingerprint density at radius 3 is 2.57 bits per heavy atom. The molecule has 0 aliphatic carbocycles. The Morgan fingerprint density at radius 2 is 2.00 bits per heavy atom. The zero-order valence-electron chi connectivity index (χ0n) is 8.49. The van der Waals surface area contributed by atoms with Gasteiger partial charge in [-0.1, -0.05) is 30.3 Å². The summed E-state index contributed by atoms with van der Waals surface area (Å²) >= 11 is 0. The molecule has 0 spiro atoms. The normalized spacial score (nSPS) is 11.1. The van der Waals surface area contributed by atoms with Crippen LogP contribution in [0, 0.1) is 0 Å². The maximum atomic E-state index is 11.3. The molecule has 14 heavy (non-hydrogen) atoms. The molecule has 0 amide bonds. The van der Waals surface area contributed by atoms with Gasteiger partial charge in [-0.05, 0) is 25.5 Å². The molecule has 74 valence electrons. The van der Waals surface area contributed by atoms with E-state index in [2.05, 4.69) is 0 Å². The quantitative estimate of drug-likeness (QED) is 0.541. The van der Waals surface area contributed by atoms with E-state index in [0.29, 0.717) is 12.2 Å². The van der Waals surface area contributed by atoms with Gasteiger partial charge in [0.15, 0.2) is 0 Å². The van der Waals surface area contributed by atoms with Gasteiger partial charge in [-0.25, -0.2) is 4.79 Å². The number of esters is 1. The predicted octanol–water partition coefficient (Wildman–Crippen LogP) is 2.65. The molecule has 0 bridgehead atoms. The third kappa shape index (κ3) is 3.05. The minimum absolute atomic E-state index is 0.253. The van der Waals surface area contributed by atoms with Crippen molar-refractivity contribution in [1.82, 2.24) is 0 Å². The monoisotopic (exact) mass is 190 g/mol. The van der Waals surface area contributed by atoms with Crippen molar-refractivity contribution >= 4 is 12.0 Å². The second kappa shape index (κ2) is 5.22. The van der Waals surface area contributed by atoms with Crippen molar-refractivity contribution in [3.63, 3.8) is 0 Å². The van der Waals surface area contributed by atoms with E-state index in [0.717, 1.165) is 5.56 Å². The Balaban J connectivity index is 2.74. The summed E-state index contributed by atoms with van der Waals surface area (Å²) in [6, 6.07) is 9.71. The first-order valence-electron chi connectivity index (χ1n) is 4.64. The van der Waals surface area contributed by atoms with Gasteiger partial charge in [0.25, 0.3) is 0 Å². The van der Waals surface area contributed by atoms with Crippen molar-refractivity contribution in [2.24, 2.45) is 0 Å². The highest BCUT2D eigenvalue weighted by molar-refractivity contribution is 5.92. The van der Waals surface area contributed by atoms with Crippen molar-refractivity contribution < 1.29 is 9.53 Å². The second-order valence-corrected chi connectivity index (χ2v) is 2.96. The van der Waals surface area contributed by atoms with Crippen LogP contribution in [0.25, 0.3) is 6.08 Å². The zero-order valence-corrected chi connectivity index (χ0v) is 8.49. The van der Waals surface area contributed by atoms with E-state index in [4.69, 9.17) is 4.74 Å². The minimum Gasteiger partial charge on any atom is -0.463 e. The van der Waals surface area contributed by atoms with Crippen molar-refractivity contribution in [1.29, 1.82) is 0 Å². The van der Waals surface area contributed by atoms with Gasteiger partial charge in [0.2, 0.25) is 0 Å². The average Bonchev–Trinajstić information content (AvgIpc) is 2.19. The summed E-state index contributed by atoms with van der Waals surface area (Å²) in [7, 11) is 0. The highest BCUT2D eigenvalue weighted by Crippen LogP contribution is 2.07. The maximum Gasteiger partial charge on any atom is 0.333 e. The second-order valence-electron chi connectivity index (χ2n) is 2.96. The number of ether oxygens (including phenoxy) is 1. The Bertz CT molecular complexity index is 325. The number of rotatable bonds is 3. The lowest BCUT2D eigenvalue weighted by Crippen LogP contribution is -2.04. The molecule has 1 aromatic carbocycles. The first kappa shape index (κ1) is 10.5. The van der Waals surface area contributed by atoms with Crippen LogP contribution in [-0.4, -0.2) is 12.6 Å². The summed E-state index contributed by atoms with van der Waals surface area (Å²) in [5.74, 6) is -0.253. The van der Waals surface area contributed by atoms with Crippen molar-refractivity contribution in [2.75, 3.05) is 6.61 Å². The standard InChI is InChI=1S/C12H14O2/c1-3-14-12(13)10(2)9-11-7-5-4-6-8-11/h4-9H,3H2,1-2H3/b10-9+. The van der Waals surface area contributed by atoms with Crippen LogP contribution in [0.2, 0.25) is 0 Å². The summed E-state index contributed by atoms with van der Waals surface area (Å²) in [4.78, 5) is 11.3. The molecule has 0 aliphatic heterocycles. The molecular formula is C12H14O2. The minimum atomic E-state index is -0.253. The molecule has 0 fully saturated rings. The van der Waals surface area contributed by atoms with Crippen molar-refractivity contribution in [2.45, 2.75) is 13.8 Å². The van der Waals surface area contributed by atoms with Crippen molar-refractivity contribution in [3.05, 3.63) is 41.5 Å². The number of hydrogen-bond donors (Lipinski definition) is 0. The van der Waals surface area contributed by atoms with Crippen LogP contribution < -0.4 is 0 Å². The fraction of sp³-hybridized carbons (Fsp3) is 0.250. The Labute approximate surface area is 84.2 Å². The molecule has 0 atom stereocenters.